The van der Waals surface area contributed by atoms with Crippen LogP contribution in [0.2, 0.25) is 0 Å². The lowest BCUT2D eigenvalue weighted by Gasteiger charge is -2.39. The zero-order valence-corrected chi connectivity index (χ0v) is 18.4. The number of nitrogens with zero attached hydrogens (tertiary/aromatic N) is 3. The fourth-order valence-corrected chi connectivity index (χ4v) is 5.45. The summed E-state index contributed by atoms with van der Waals surface area (Å²) in [6, 6.07) is 14.8. The van der Waals surface area contributed by atoms with Crippen molar-refractivity contribution in [1.29, 1.82) is 0 Å². The van der Waals surface area contributed by atoms with Gasteiger partial charge in [0.15, 0.2) is 0 Å². The van der Waals surface area contributed by atoms with E-state index < -0.39 is 15.6 Å². The second kappa shape index (κ2) is 7.59. The summed E-state index contributed by atoms with van der Waals surface area (Å²) in [4.78, 5) is 16.1. The van der Waals surface area contributed by atoms with Crippen LogP contribution < -0.4 is 14.5 Å². The van der Waals surface area contributed by atoms with Gasteiger partial charge in [0.25, 0.3) is 0 Å². The molecule has 1 fully saturated rings. The Morgan fingerprint density at radius 1 is 1.00 bits per heavy atom. The second-order valence-corrected chi connectivity index (χ2v) is 10.3. The van der Waals surface area contributed by atoms with Gasteiger partial charge in [-0.05, 0) is 44.2 Å². The lowest BCUT2D eigenvalue weighted by atomic mass is 10.1. The van der Waals surface area contributed by atoms with Crippen molar-refractivity contribution in [3.8, 4) is 5.75 Å². The first-order chi connectivity index (χ1) is 14.2. The van der Waals surface area contributed by atoms with Gasteiger partial charge in [0.2, 0.25) is 15.9 Å². The van der Waals surface area contributed by atoms with Crippen LogP contribution in [0.5, 0.6) is 5.75 Å². The van der Waals surface area contributed by atoms with Gasteiger partial charge in [-0.3, -0.25) is 4.79 Å². The smallest absolute Gasteiger partial charge is 0.243 e. The quantitative estimate of drug-likeness (QED) is 0.750. The van der Waals surface area contributed by atoms with Gasteiger partial charge in [-0.2, -0.15) is 4.31 Å². The lowest BCUT2D eigenvalue weighted by molar-refractivity contribution is -0.117. The molecule has 1 saturated heterocycles. The van der Waals surface area contributed by atoms with Crippen LogP contribution >= 0.6 is 0 Å². The highest BCUT2D eigenvalue weighted by Crippen LogP contribution is 2.39. The Hall–Kier alpha value is -2.58. The number of rotatable bonds is 3. The Balaban J connectivity index is 1.57. The number of hydrogen-bond donors (Lipinski definition) is 0. The summed E-state index contributed by atoms with van der Waals surface area (Å²) in [5, 5.41) is 0. The monoisotopic (exact) mass is 429 g/mol. The fourth-order valence-electron chi connectivity index (χ4n) is 4.01. The molecule has 0 N–H and O–H groups in total. The summed E-state index contributed by atoms with van der Waals surface area (Å²) in [6.45, 7) is 7.74. The van der Waals surface area contributed by atoms with Crippen LogP contribution in [0.3, 0.4) is 0 Å². The molecule has 7 nitrogen and oxygen atoms in total. The average molecular weight is 430 g/mol. The zero-order valence-electron chi connectivity index (χ0n) is 17.5. The van der Waals surface area contributed by atoms with Crippen LogP contribution in [0.4, 0.5) is 11.4 Å². The molecule has 1 amide bonds. The fraction of sp³-hybridized carbons (Fsp3) is 0.409. The predicted molar refractivity (Wildman–Crippen MR) is 117 cm³/mol. The van der Waals surface area contributed by atoms with Crippen LogP contribution in [0.25, 0.3) is 0 Å². The minimum absolute atomic E-state index is 0.140. The third-order valence-corrected chi connectivity index (χ3v) is 7.42. The van der Waals surface area contributed by atoms with Gasteiger partial charge < -0.3 is 14.5 Å². The average Bonchev–Trinajstić information content (AvgIpc) is 2.73. The van der Waals surface area contributed by atoms with E-state index in [1.807, 2.05) is 44.2 Å². The molecule has 0 unspecified atom stereocenters. The highest BCUT2D eigenvalue weighted by molar-refractivity contribution is 7.89. The first-order valence-corrected chi connectivity index (χ1v) is 11.5. The van der Waals surface area contributed by atoms with Gasteiger partial charge in [0.05, 0.1) is 17.1 Å². The predicted octanol–water partition coefficient (Wildman–Crippen LogP) is 2.72. The highest BCUT2D eigenvalue weighted by atomic mass is 32.2. The molecular formula is C22H27N3O4S. The molecule has 0 saturated carbocycles. The van der Waals surface area contributed by atoms with E-state index in [2.05, 4.69) is 4.90 Å². The van der Waals surface area contributed by atoms with Crippen molar-refractivity contribution in [2.75, 3.05) is 42.5 Å². The molecular weight excluding hydrogens is 402 g/mol. The van der Waals surface area contributed by atoms with Crippen molar-refractivity contribution in [3.05, 3.63) is 48.5 Å². The van der Waals surface area contributed by atoms with Gasteiger partial charge in [-0.25, -0.2) is 8.42 Å². The standard InChI is InChI=1S/C22H27N3O4S/c1-17(26)25-16-22(2,3)29-21-10-9-19(15-20(21)25)30(27,28)24-13-11-23(12-14-24)18-7-5-4-6-8-18/h4-10,15H,11-14,16H2,1-3H3. The first kappa shape index (κ1) is 20.7. The van der Waals surface area contributed by atoms with Crippen LogP contribution in [-0.4, -0.2) is 57.0 Å². The molecule has 30 heavy (non-hydrogen) atoms. The van der Waals surface area contributed by atoms with E-state index in [1.165, 1.54) is 11.2 Å². The van der Waals surface area contributed by atoms with Crippen LogP contribution in [0.1, 0.15) is 20.8 Å². The number of carbonyl (C=O) groups excluding carboxylic acids is 1. The minimum Gasteiger partial charge on any atom is -0.484 e. The first-order valence-electron chi connectivity index (χ1n) is 10.1. The number of para-hydroxylation sites is 1. The Kier molecular flexibility index (Phi) is 5.23. The number of anilines is 2. The molecule has 0 atom stereocenters. The van der Waals surface area contributed by atoms with Gasteiger partial charge in [0, 0.05) is 38.8 Å². The maximum absolute atomic E-state index is 13.3. The van der Waals surface area contributed by atoms with E-state index in [1.54, 1.807) is 23.1 Å². The Morgan fingerprint density at radius 2 is 1.67 bits per heavy atom. The third kappa shape index (κ3) is 3.89. The van der Waals surface area contributed by atoms with Crippen molar-refractivity contribution in [2.45, 2.75) is 31.3 Å². The van der Waals surface area contributed by atoms with Crippen LogP contribution in [-0.2, 0) is 14.8 Å². The SMILES string of the molecule is CC(=O)N1CC(C)(C)Oc2ccc(S(=O)(=O)N3CCN(c4ccccc4)CC3)cc21. The van der Waals surface area contributed by atoms with E-state index in [0.29, 0.717) is 44.2 Å². The topological polar surface area (TPSA) is 70.2 Å². The number of ether oxygens (including phenoxy) is 1. The van der Waals surface area contributed by atoms with Crippen LogP contribution in [0, 0.1) is 0 Å². The summed E-state index contributed by atoms with van der Waals surface area (Å²) >= 11 is 0. The van der Waals surface area contributed by atoms with E-state index in [4.69, 9.17) is 4.74 Å². The Labute approximate surface area is 177 Å². The molecule has 4 rings (SSSR count). The van der Waals surface area contributed by atoms with Crippen molar-refractivity contribution >= 4 is 27.3 Å². The number of fused-ring (bicyclic) bond motifs is 1. The number of hydrogen-bond acceptors (Lipinski definition) is 5. The summed E-state index contributed by atoms with van der Waals surface area (Å²) in [5.41, 5.74) is 1.07. The van der Waals surface area contributed by atoms with Gasteiger partial charge >= 0.3 is 0 Å². The molecule has 0 aliphatic carbocycles. The van der Waals surface area contributed by atoms with E-state index in [9.17, 15) is 13.2 Å². The van der Waals surface area contributed by atoms with Crippen molar-refractivity contribution in [2.24, 2.45) is 0 Å². The second-order valence-electron chi connectivity index (χ2n) is 8.32. The number of amides is 1. The van der Waals surface area contributed by atoms with Crippen LogP contribution in [0.15, 0.2) is 53.4 Å². The van der Waals surface area contributed by atoms with E-state index >= 15 is 0 Å². The maximum Gasteiger partial charge on any atom is 0.243 e. The van der Waals surface area contributed by atoms with Gasteiger partial charge in [-0.15, -0.1) is 0 Å². The summed E-state index contributed by atoms with van der Waals surface area (Å²) in [6.07, 6.45) is 0. The maximum atomic E-state index is 13.3. The number of benzene rings is 2. The molecule has 2 heterocycles. The van der Waals surface area contributed by atoms with Gasteiger partial charge in [0.1, 0.15) is 11.4 Å². The number of carbonyl (C=O) groups is 1. The molecule has 0 radical (unpaired) electrons. The lowest BCUT2D eigenvalue weighted by Crippen LogP contribution is -2.49. The Bertz CT molecular complexity index is 1050. The minimum atomic E-state index is -3.67. The molecule has 8 heteroatoms. The third-order valence-electron chi connectivity index (χ3n) is 5.52. The van der Waals surface area contributed by atoms with E-state index in [0.717, 1.165) is 5.69 Å². The van der Waals surface area contributed by atoms with E-state index in [-0.39, 0.29) is 10.8 Å². The molecule has 2 aromatic carbocycles. The largest absolute Gasteiger partial charge is 0.484 e. The number of sulfonamides is 1. The van der Waals surface area contributed by atoms with Crippen molar-refractivity contribution < 1.29 is 17.9 Å². The number of piperazine rings is 1. The zero-order chi connectivity index (χ0) is 21.5. The van der Waals surface area contributed by atoms with Crippen molar-refractivity contribution in [3.63, 3.8) is 0 Å². The Morgan fingerprint density at radius 3 is 2.30 bits per heavy atom. The molecule has 0 aromatic heterocycles. The summed E-state index contributed by atoms with van der Waals surface area (Å²) in [5.74, 6) is 0.382. The molecule has 160 valence electrons. The molecule has 2 aromatic rings. The molecule has 0 spiro atoms. The summed E-state index contributed by atoms with van der Waals surface area (Å²) in [7, 11) is -3.67. The molecule has 2 aliphatic heterocycles. The van der Waals surface area contributed by atoms with Crippen molar-refractivity contribution in [1.82, 2.24) is 4.31 Å². The highest BCUT2D eigenvalue weighted by Gasteiger charge is 2.36. The normalized spacial score (nSPS) is 19.2. The molecule has 0 bridgehead atoms. The van der Waals surface area contributed by atoms with Gasteiger partial charge in [-0.1, -0.05) is 18.2 Å². The summed E-state index contributed by atoms with van der Waals surface area (Å²) < 4.78 is 34.0. The molecule has 2 aliphatic rings.